The molecule has 0 bridgehead atoms. The van der Waals surface area contributed by atoms with E-state index in [1.807, 2.05) is 0 Å². The third-order valence-electron chi connectivity index (χ3n) is 3.95. The molecule has 2 atom stereocenters. The Morgan fingerprint density at radius 2 is 1.75 bits per heavy atom. The van der Waals surface area contributed by atoms with E-state index in [-0.39, 0.29) is 5.38 Å². The minimum Gasteiger partial charge on any atom is -0.118 e. The van der Waals surface area contributed by atoms with Gasteiger partial charge in [-0.05, 0) is 47.8 Å². The number of hydrogen-bond acceptors (Lipinski definition) is 0. The highest BCUT2D eigenvalue weighted by atomic mass is 35.5. The van der Waals surface area contributed by atoms with E-state index in [2.05, 4.69) is 39.0 Å². The normalized spacial score (nSPS) is 18.6. The molecule has 0 saturated heterocycles. The first-order chi connectivity index (χ1) is 7.59. The van der Waals surface area contributed by atoms with Gasteiger partial charge in [0.05, 0.1) is 5.38 Å². The Bertz CT molecular complexity index is 368. The summed E-state index contributed by atoms with van der Waals surface area (Å²) in [6.45, 7) is 6.73. The van der Waals surface area contributed by atoms with Gasteiger partial charge in [-0.25, -0.2) is 0 Å². The summed E-state index contributed by atoms with van der Waals surface area (Å²) in [7, 11) is 0. The number of hydrogen-bond donors (Lipinski definition) is 0. The molecule has 16 heavy (non-hydrogen) atoms. The highest BCUT2D eigenvalue weighted by Gasteiger charge is 2.21. The first-order valence-corrected chi connectivity index (χ1v) is 6.79. The Morgan fingerprint density at radius 3 is 2.44 bits per heavy atom. The zero-order valence-electron chi connectivity index (χ0n) is 10.5. The lowest BCUT2D eigenvalue weighted by Gasteiger charge is -2.22. The van der Waals surface area contributed by atoms with Crippen molar-refractivity contribution in [1.82, 2.24) is 0 Å². The molecule has 0 aliphatic heterocycles. The van der Waals surface area contributed by atoms with Crippen molar-refractivity contribution in [3.8, 4) is 0 Å². The van der Waals surface area contributed by atoms with Crippen molar-refractivity contribution in [3.05, 3.63) is 34.9 Å². The summed E-state index contributed by atoms with van der Waals surface area (Å²) in [5.41, 5.74) is 4.37. The van der Waals surface area contributed by atoms with Crippen LogP contribution in [-0.2, 0) is 12.8 Å². The third kappa shape index (κ3) is 2.27. The van der Waals surface area contributed by atoms with Gasteiger partial charge in [-0.1, -0.05) is 39.0 Å². The predicted octanol–water partition coefficient (Wildman–Crippen LogP) is 4.75. The Morgan fingerprint density at radius 1 is 1.06 bits per heavy atom. The molecule has 1 aromatic carbocycles. The van der Waals surface area contributed by atoms with Crippen molar-refractivity contribution in [3.63, 3.8) is 0 Å². The van der Waals surface area contributed by atoms with Gasteiger partial charge in [0.15, 0.2) is 0 Å². The highest BCUT2D eigenvalue weighted by Crippen LogP contribution is 2.35. The van der Waals surface area contributed by atoms with Gasteiger partial charge in [-0.3, -0.25) is 0 Å². The van der Waals surface area contributed by atoms with Crippen LogP contribution in [0.15, 0.2) is 18.2 Å². The van der Waals surface area contributed by atoms with Crippen LogP contribution in [-0.4, -0.2) is 0 Å². The molecule has 0 radical (unpaired) electrons. The minimum absolute atomic E-state index is 0.158. The van der Waals surface area contributed by atoms with Crippen LogP contribution < -0.4 is 0 Å². The lowest BCUT2D eigenvalue weighted by atomic mass is 9.89. The van der Waals surface area contributed by atoms with E-state index in [4.69, 9.17) is 11.6 Å². The lowest BCUT2D eigenvalue weighted by Crippen LogP contribution is -2.11. The van der Waals surface area contributed by atoms with E-state index in [0.29, 0.717) is 11.8 Å². The maximum atomic E-state index is 6.55. The van der Waals surface area contributed by atoms with Crippen LogP contribution in [0, 0.1) is 11.8 Å². The van der Waals surface area contributed by atoms with Crippen molar-refractivity contribution in [2.24, 2.45) is 11.8 Å². The lowest BCUT2D eigenvalue weighted by molar-refractivity contribution is 0.406. The van der Waals surface area contributed by atoms with Crippen molar-refractivity contribution in [2.45, 2.75) is 45.4 Å². The van der Waals surface area contributed by atoms with Gasteiger partial charge in [-0.2, -0.15) is 0 Å². The Labute approximate surface area is 104 Å². The first-order valence-electron chi connectivity index (χ1n) is 6.35. The summed E-state index contributed by atoms with van der Waals surface area (Å²) >= 11 is 6.55. The Kier molecular flexibility index (Phi) is 3.59. The topological polar surface area (TPSA) is 0 Å². The van der Waals surface area contributed by atoms with Gasteiger partial charge < -0.3 is 0 Å². The minimum atomic E-state index is 0.158. The number of rotatable bonds is 3. The average molecular weight is 237 g/mol. The van der Waals surface area contributed by atoms with Crippen molar-refractivity contribution >= 4 is 11.6 Å². The van der Waals surface area contributed by atoms with Crippen LogP contribution in [0.3, 0.4) is 0 Å². The fraction of sp³-hybridized carbons (Fsp3) is 0.600. The summed E-state index contributed by atoms with van der Waals surface area (Å²) in [5.74, 6) is 1.16. The molecule has 0 nitrogen and oxygen atoms in total. The van der Waals surface area contributed by atoms with E-state index < -0.39 is 0 Å². The molecule has 1 aliphatic carbocycles. The van der Waals surface area contributed by atoms with Crippen LogP contribution in [0.5, 0.6) is 0 Å². The Balaban J connectivity index is 2.21. The monoisotopic (exact) mass is 236 g/mol. The summed E-state index contributed by atoms with van der Waals surface area (Å²) in [6.07, 6.45) is 3.80. The summed E-state index contributed by atoms with van der Waals surface area (Å²) in [5, 5.41) is 0.158. The van der Waals surface area contributed by atoms with Gasteiger partial charge in [-0.15, -0.1) is 11.6 Å². The highest BCUT2D eigenvalue weighted by molar-refractivity contribution is 6.21. The maximum Gasteiger partial charge on any atom is 0.0613 e. The molecule has 0 fully saturated rings. The van der Waals surface area contributed by atoms with Gasteiger partial charge in [0.1, 0.15) is 0 Å². The number of fused-ring (bicyclic) bond motifs is 1. The number of halogens is 1. The van der Waals surface area contributed by atoms with Crippen LogP contribution >= 0.6 is 11.6 Å². The number of benzene rings is 1. The second kappa shape index (κ2) is 4.79. The van der Waals surface area contributed by atoms with Crippen LogP contribution in [0.2, 0.25) is 0 Å². The molecule has 0 heterocycles. The third-order valence-corrected chi connectivity index (χ3v) is 4.60. The molecule has 0 N–H and O–H groups in total. The molecule has 88 valence electrons. The average Bonchev–Trinajstić information content (AvgIpc) is 2.73. The van der Waals surface area contributed by atoms with Crippen molar-refractivity contribution < 1.29 is 0 Å². The predicted molar refractivity (Wildman–Crippen MR) is 71.1 cm³/mol. The quantitative estimate of drug-likeness (QED) is 0.665. The van der Waals surface area contributed by atoms with Gasteiger partial charge >= 0.3 is 0 Å². The molecular weight excluding hydrogens is 216 g/mol. The summed E-state index contributed by atoms with van der Waals surface area (Å²) < 4.78 is 0. The SMILES string of the molecule is CC(C)C(C)C(Cl)c1ccc2c(c1)CCC2. The molecule has 0 saturated carbocycles. The van der Waals surface area contributed by atoms with Crippen molar-refractivity contribution in [1.29, 1.82) is 0 Å². The van der Waals surface area contributed by atoms with Crippen molar-refractivity contribution in [2.75, 3.05) is 0 Å². The van der Waals surface area contributed by atoms with Crippen LogP contribution in [0.4, 0.5) is 0 Å². The molecule has 0 spiro atoms. The van der Waals surface area contributed by atoms with Crippen LogP contribution in [0.25, 0.3) is 0 Å². The van der Waals surface area contributed by atoms with Crippen LogP contribution in [0.1, 0.15) is 49.3 Å². The second-order valence-corrected chi connectivity index (χ2v) is 5.86. The zero-order valence-corrected chi connectivity index (χ0v) is 11.2. The van der Waals surface area contributed by atoms with Gasteiger partial charge in [0.2, 0.25) is 0 Å². The molecular formula is C15H21Cl. The number of aryl methyl sites for hydroxylation is 2. The van der Waals surface area contributed by atoms with E-state index in [9.17, 15) is 0 Å². The summed E-state index contributed by atoms with van der Waals surface area (Å²) in [4.78, 5) is 0. The molecule has 1 heteroatoms. The second-order valence-electron chi connectivity index (χ2n) is 5.39. The van der Waals surface area contributed by atoms with E-state index in [1.165, 1.54) is 36.0 Å². The van der Waals surface area contributed by atoms with E-state index in [1.54, 1.807) is 0 Å². The standard InChI is InChI=1S/C15H21Cl/c1-10(2)11(3)15(16)14-8-7-12-5-4-6-13(12)9-14/h7-11,15H,4-6H2,1-3H3. The maximum absolute atomic E-state index is 6.55. The molecule has 1 aliphatic rings. The largest absolute Gasteiger partial charge is 0.118 e. The molecule has 0 amide bonds. The van der Waals surface area contributed by atoms with E-state index >= 15 is 0 Å². The van der Waals surface area contributed by atoms with E-state index in [0.717, 1.165) is 0 Å². The molecule has 2 rings (SSSR count). The fourth-order valence-electron chi connectivity index (χ4n) is 2.40. The van der Waals surface area contributed by atoms with Gasteiger partial charge in [0, 0.05) is 0 Å². The first kappa shape index (κ1) is 12.0. The Hall–Kier alpha value is -0.490. The van der Waals surface area contributed by atoms with Gasteiger partial charge in [0.25, 0.3) is 0 Å². The summed E-state index contributed by atoms with van der Waals surface area (Å²) in [6, 6.07) is 6.83. The zero-order chi connectivity index (χ0) is 11.7. The number of alkyl halides is 1. The molecule has 2 unspecified atom stereocenters. The molecule has 0 aromatic heterocycles. The molecule has 1 aromatic rings. The fourth-order valence-corrected chi connectivity index (χ4v) is 2.83. The smallest absolute Gasteiger partial charge is 0.0613 e.